The molecule has 1 aromatic rings. The normalized spacial score (nSPS) is 17.3. The van der Waals surface area contributed by atoms with Gasteiger partial charge in [0, 0.05) is 6.04 Å². The van der Waals surface area contributed by atoms with Gasteiger partial charge in [0.2, 0.25) is 0 Å². The molecule has 0 amide bonds. The first-order chi connectivity index (χ1) is 8.91. The number of hydrogen-bond donors (Lipinski definition) is 1. The van der Waals surface area contributed by atoms with Crippen molar-refractivity contribution in [2.75, 3.05) is 6.61 Å². The highest BCUT2D eigenvalue weighted by Crippen LogP contribution is 2.34. The summed E-state index contributed by atoms with van der Waals surface area (Å²) < 4.78 is 6.00. The minimum absolute atomic E-state index is 0.101. The third-order valence-electron chi connectivity index (χ3n) is 3.92. The third-order valence-corrected chi connectivity index (χ3v) is 3.92. The maximum atomic E-state index is 6.12. The lowest BCUT2D eigenvalue weighted by atomic mass is 9.85. The van der Waals surface area contributed by atoms with Crippen molar-refractivity contribution < 1.29 is 4.74 Å². The molecule has 2 heteroatoms. The van der Waals surface area contributed by atoms with Crippen LogP contribution in [-0.4, -0.2) is 12.6 Å². The first kappa shape index (κ1) is 14.4. The van der Waals surface area contributed by atoms with Gasteiger partial charge >= 0.3 is 0 Å². The van der Waals surface area contributed by atoms with Crippen LogP contribution in [0.5, 0.6) is 5.75 Å². The van der Waals surface area contributed by atoms with Crippen LogP contribution in [0, 0.1) is 5.92 Å². The van der Waals surface area contributed by atoms with E-state index in [2.05, 4.69) is 45.9 Å². The SMILES string of the molecule is CCc1ccc(OCC(N)C2CC2)c(C(C)(C)C)c1. The molecule has 1 saturated carbocycles. The molecule has 2 N–H and O–H groups in total. The smallest absolute Gasteiger partial charge is 0.123 e. The van der Waals surface area contributed by atoms with Gasteiger partial charge in [0.1, 0.15) is 12.4 Å². The number of hydrogen-bond acceptors (Lipinski definition) is 2. The van der Waals surface area contributed by atoms with Gasteiger partial charge in [0.05, 0.1) is 0 Å². The van der Waals surface area contributed by atoms with Crippen LogP contribution in [0.3, 0.4) is 0 Å². The molecule has 0 saturated heterocycles. The summed E-state index contributed by atoms with van der Waals surface area (Å²) in [7, 11) is 0. The van der Waals surface area contributed by atoms with Crippen LogP contribution in [0.2, 0.25) is 0 Å². The Balaban J connectivity index is 2.13. The van der Waals surface area contributed by atoms with Crippen molar-refractivity contribution in [3.05, 3.63) is 29.3 Å². The zero-order valence-electron chi connectivity index (χ0n) is 12.7. The van der Waals surface area contributed by atoms with Gasteiger partial charge in [-0.1, -0.05) is 39.8 Å². The van der Waals surface area contributed by atoms with E-state index < -0.39 is 0 Å². The second-order valence-corrected chi connectivity index (χ2v) is 6.75. The summed E-state index contributed by atoms with van der Waals surface area (Å²) in [6.45, 7) is 9.52. The highest BCUT2D eigenvalue weighted by molar-refractivity contribution is 5.41. The van der Waals surface area contributed by atoms with Crippen molar-refractivity contribution in [2.24, 2.45) is 11.7 Å². The molecule has 1 aliphatic carbocycles. The summed E-state index contributed by atoms with van der Waals surface area (Å²) in [5.41, 5.74) is 8.87. The van der Waals surface area contributed by atoms with Gasteiger partial charge in [-0.3, -0.25) is 0 Å². The molecule has 0 spiro atoms. The number of benzene rings is 1. The van der Waals surface area contributed by atoms with Crippen LogP contribution < -0.4 is 10.5 Å². The van der Waals surface area contributed by atoms with Crippen LogP contribution in [0.4, 0.5) is 0 Å². The molecule has 0 aliphatic heterocycles. The Bertz CT molecular complexity index is 429. The molecule has 1 atom stereocenters. The lowest BCUT2D eigenvalue weighted by Gasteiger charge is -2.24. The molecule has 106 valence electrons. The fourth-order valence-electron chi connectivity index (χ4n) is 2.36. The van der Waals surface area contributed by atoms with Gasteiger partial charge in [-0.2, -0.15) is 0 Å². The molecular weight excluding hydrogens is 234 g/mol. The zero-order valence-corrected chi connectivity index (χ0v) is 12.7. The fraction of sp³-hybridized carbons (Fsp3) is 0.647. The van der Waals surface area contributed by atoms with Gasteiger partial charge in [-0.15, -0.1) is 0 Å². The van der Waals surface area contributed by atoms with E-state index in [4.69, 9.17) is 10.5 Å². The van der Waals surface area contributed by atoms with Crippen LogP contribution in [-0.2, 0) is 11.8 Å². The Morgan fingerprint density at radius 2 is 2.00 bits per heavy atom. The van der Waals surface area contributed by atoms with E-state index in [0.29, 0.717) is 12.5 Å². The van der Waals surface area contributed by atoms with Crippen LogP contribution in [0.25, 0.3) is 0 Å². The number of ether oxygens (including phenoxy) is 1. The molecular formula is C17H27NO. The largest absolute Gasteiger partial charge is 0.492 e. The van der Waals surface area contributed by atoms with Crippen molar-refractivity contribution in [3.8, 4) is 5.75 Å². The average molecular weight is 261 g/mol. The molecule has 1 aliphatic rings. The van der Waals surface area contributed by atoms with E-state index in [-0.39, 0.29) is 11.5 Å². The van der Waals surface area contributed by atoms with E-state index >= 15 is 0 Å². The molecule has 0 aromatic heterocycles. The van der Waals surface area contributed by atoms with E-state index in [0.717, 1.165) is 12.2 Å². The minimum atomic E-state index is 0.101. The molecule has 1 fully saturated rings. The number of nitrogens with two attached hydrogens (primary N) is 1. The molecule has 19 heavy (non-hydrogen) atoms. The summed E-state index contributed by atoms with van der Waals surface area (Å²) in [5.74, 6) is 1.69. The van der Waals surface area contributed by atoms with E-state index in [9.17, 15) is 0 Å². The Labute approximate surface area is 117 Å². The summed E-state index contributed by atoms with van der Waals surface area (Å²) >= 11 is 0. The van der Waals surface area contributed by atoms with Crippen molar-refractivity contribution in [1.29, 1.82) is 0 Å². The lowest BCUT2D eigenvalue weighted by molar-refractivity contribution is 0.270. The fourth-order valence-corrected chi connectivity index (χ4v) is 2.36. The topological polar surface area (TPSA) is 35.2 Å². The monoisotopic (exact) mass is 261 g/mol. The van der Waals surface area contributed by atoms with Crippen molar-refractivity contribution in [3.63, 3.8) is 0 Å². The highest BCUT2D eigenvalue weighted by Gasteiger charge is 2.29. The number of aryl methyl sites for hydroxylation is 1. The Hall–Kier alpha value is -1.02. The van der Waals surface area contributed by atoms with E-state index in [1.54, 1.807) is 0 Å². The summed E-state index contributed by atoms with van der Waals surface area (Å²) in [4.78, 5) is 0. The second-order valence-electron chi connectivity index (χ2n) is 6.75. The average Bonchev–Trinajstić information content (AvgIpc) is 3.18. The molecule has 2 nitrogen and oxygen atoms in total. The maximum Gasteiger partial charge on any atom is 0.123 e. The van der Waals surface area contributed by atoms with Crippen LogP contribution in [0.1, 0.15) is 51.7 Å². The van der Waals surface area contributed by atoms with Gasteiger partial charge in [-0.05, 0) is 47.8 Å². The highest BCUT2D eigenvalue weighted by atomic mass is 16.5. The van der Waals surface area contributed by atoms with E-state index in [1.165, 1.54) is 24.0 Å². The minimum Gasteiger partial charge on any atom is -0.492 e. The van der Waals surface area contributed by atoms with Gasteiger partial charge < -0.3 is 10.5 Å². The van der Waals surface area contributed by atoms with Crippen LogP contribution in [0.15, 0.2) is 18.2 Å². The summed E-state index contributed by atoms with van der Waals surface area (Å²) in [6, 6.07) is 6.74. The van der Waals surface area contributed by atoms with E-state index in [1.807, 2.05) is 0 Å². The third kappa shape index (κ3) is 3.73. The quantitative estimate of drug-likeness (QED) is 0.878. The molecule has 0 radical (unpaired) electrons. The molecule has 2 rings (SSSR count). The Kier molecular flexibility index (Phi) is 4.19. The first-order valence-corrected chi connectivity index (χ1v) is 7.43. The lowest BCUT2D eigenvalue weighted by Crippen LogP contribution is -2.30. The standard InChI is InChI=1S/C17H27NO/c1-5-12-6-9-16(14(10-12)17(2,3)4)19-11-15(18)13-7-8-13/h6,9-10,13,15H,5,7-8,11,18H2,1-4H3. The van der Waals surface area contributed by atoms with Crippen molar-refractivity contribution in [1.82, 2.24) is 0 Å². The maximum absolute atomic E-state index is 6.12. The number of rotatable bonds is 5. The Morgan fingerprint density at radius 3 is 2.53 bits per heavy atom. The van der Waals surface area contributed by atoms with Gasteiger partial charge in [-0.25, -0.2) is 0 Å². The zero-order chi connectivity index (χ0) is 14.0. The van der Waals surface area contributed by atoms with Crippen molar-refractivity contribution >= 4 is 0 Å². The van der Waals surface area contributed by atoms with Crippen LogP contribution >= 0.6 is 0 Å². The van der Waals surface area contributed by atoms with Crippen molar-refractivity contribution in [2.45, 2.75) is 58.4 Å². The molecule has 1 unspecified atom stereocenters. The predicted molar refractivity (Wildman–Crippen MR) is 80.7 cm³/mol. The summed E-state index contributed by atoms with van der Waals surface area (Å²) in [5, 5.41) is 0. The molecule has 0 heterocycles. The molecule has 1 aromatic carbocycles. The second kappa shape index (κ2) is 5.54. The van der Waals surface area contributed by atoms with Gasteiger partial charge in [0.25, 0.3) is 0 Å². The summed E-state index contributed by atoms with van der Waals surface area (Å²) in [6.07, 6.45) is 3.60. The first-order valence-electron chi connectivity index (χ1n) is 7.43. The Morgan fingerprint density at radius 1 is 1.32 bits per heavy atom. The molecule has 0 bridgehead atoms. The predicted octanol–water partition coefficient (Wildman–Crippen LogP) is 3.66. The van der Waals surface area contributed by atoms with Gasteiger partial charge in [0.15, 0.2) is 0 Å².